The molecule has 1 unspecified atom stereocenters. The Bertz CT molecular complexity index is 317. The van der Waals surface area contributed by atoms with Crippen LogP contribution in [0.1, 0.15) is 38.4 Å². The summed E-state index contributed by atoms with van der Waals surface area (Å²) >= 11 is 0. The van der Waals surface area contributed by atoms with E-state index in [-0.39, 0.29) is 6.04 Å². The van der Waals surface area contributed by atoms with Crippen LogP contribution in [0.15, 0.2) is 4.52 Å². The van der Waals surface area contributed by atoms with E-state index < -0.39 is 0 Å². The zero-order valence-corrected chi connectivity index (χ0v) is 9.44. The van der Waals surface area contributed by atoms with Gasteiger partial charge in [0, 0.05) is 18.9 Å². The van der Waals surface area contributed by atoms with Crippen LogP contribution in [0.4, 0.5) is 0 Å². The highest BCUT2D eigenvalue weighted by atomic mass is 16.5. The first-order valence-electron chi connectivity index (χ1n) is 5.72. The van der Waals surface area contributed by atoms with Crippen molar-refractivity contribution >= 4 is 0 Å². The van der Waals surface area contributed by atoms with Crippen molar-refractivity contribution in [2.45, 2.75) is 45.6 Å². The quantitative estimate of drug-likeness (QED) is 0.799. The van der Waals surface area contributed by atoms with Crippen LogP contribution >= 0.6 is 0 Å². The van der Waals surface area contributed by atoms with E-state index in [1.54, 1.807) is 0 Å². The minimum Gasteiger partial charge on any atom is -0.339 e. The largest absolute Gasteiger partial charge is 0.339 e. The lowest BCUT2D eigenvalue weighted by molar-refractivity contribution is 0.349. The van der Waals surface area contributed by atoms with E-state index in [1.165, 1.54) is 12.8 Å². The molecule has 1 fully saturated rings. The van der Waals surface area contributed by atoms with Crippen LogP contribution in [0.2, 0.25) is 0 Å². The second-order valence-corrected chi connectivity index (χ2v) is 4.86. The van der Waals surface area contributed by atoms with Crippen molar-refractivity contribution in [1.29, 1.82) is 0 Å². The molecule has 1 atom stereocenters. The van der Waals surface area contributed by atoms with Crippen LogP contribution in [0.3, 0.4) is 0 Å². The molecule has 1 aliphatic rings. The Kier molecular flexibility index (Phi) is 3.05. The third-order valence-corrected chi connectivity index (χ3v) is 2.94. The Hall–Kier alpha value is -0.900. The van der Waals surface area contributed by atoms with Gasteiger partial charge >= 0.3 is 0 Å². The molecule has 0 aliphatic heterocycles. The van der Waals surface area contributed by atoms with Crippen molar-refractivity contribution < 1.29 is 4.52 Å². The van der Waals surface area contributed by atoms with Crippen molar-refractivity contribution in [3.8, 4) is 0 Å². The van der Waals surface area contributed by atoms with Gasteiger partial charge in [0.2, 0.25) is 5.89 Å². The monoisotopic (exact) mass is 209 g/mol. The van der Waals surface area contributed by atoms with Crippen LogP contribution in [-0.2, 0) is 12.8 Å². The minimum atomic E-state index is 0.110. The number of hydrogen-bond acceptors (Lipinski definition) is 4. The average molecular weight is 209 g/mol. The van der Waals surface area contributed by atoms with E-state index in [0.717, 1.165) is 18.2 Å². The zero-order valence-electron chi connectivity index (χ0n) is 9.44. The Morgan fingerprint density at radius 2 is 2.20 bits per heavy atom. The molecule has 0 amide bonds. The van der Waals surface area contributed by atoms with E-state index >= 15 is 0 Å². The van der Waals surface area contributed by atoms with Gasteiger partial charge in [0.15, 0.2) is 5.82 Å². The maximum absolute atomic E-state index is 5.94. The fourth-order valence-electron chi connectivity index (χ4n) is 1.47. The second-order valence-electron chi connectivity index (χ2n) is 4.86. The van der Waals surface area contributed by atoms with Crippen LogP contribution in [0, 0.1) is 11.8 Å². The fraction of sp³-hybridized carbons (Fsp3) is 0.818. The Morgan fingerprint density at radius 1 is 1.47 bits per heavy atom. The first kappa shape index (κ1) is 10.6. The maximum atomic E-state index is 5.94. The predicted octanol–water partition coefficient (Wildman–Crippen LogP) is 1.55. The summed E-state index contributed by atoms with van der Waals surface area (Å²) in [4.78, 5) is 4.36. The average Bonchev–Trinajstić information content (AvgIpc) is 2.87. The molecule has 84 valence electrons. The number of rotatable bonds is 5. The third kappa shape index (κ3) is 3.02. The predicted molar refractivity (Wildman–Crippen MR) is 57.2 cm³/mol. The van der Waals surface area contributed by atoms with Crippen LogP contribution in [0.25, 0.3) is 0 Å². The minimum absolute atomic E-state index is 0.110. The number of hydrogen-bond donors (Lipinski definition) is 1. The standard InChI is InChI=1S/C11H19N3O/c1-7(2)9(12)6-11-13-10(14-15-11)5-8-3-4-8/h7-9H,3-6,12H2,1-2H3. The lowest BCUT2D eigenvalue weighted by Gasteiger charge is -2.11. The number of nitrogens with zero attached hydrogens (tertiary/aromatic N) is 2. The van der Waals surface area contributed by atoms with Gasteiger partial charge in [-0.15, -0.1) is 0 Å². The van der Waals surface area contributed by atoms with Gasteiger partial charge in [-0.1, -0.05) is 19.0 Å². The molecule has 1 aliphatic carbocycles. The molecule has 4 heteroatoms. The highest BCUT2D eigenvalue weighted by Gasteiger charge is 2.24. The Balaban J connectivity index is 1.88. The maximum Gasteiger partial charge on any atom is 0.228 e. The summed E-state index contributed by atoms with van der Waals surface area (Å²) < 4.78 is 5.17. The van der Waals surface area contributed by atoms with Crippen molar-refractivity contribution in [2.75, 3.05) is 0 Å². The molecular formula is C11H19N3O. The smallest absolute Gasteiger partial charge is 0.228 e. The first-order valence-corrected chi connectivity index (χ1v) is 5.72. The lowest BCUT2D eigenvalue weighted by atomic mass is 10.0. The third-order valence-electron chi connectivity index (χ3n) is 2.94. The van der Waals surface area contributed by atoms with Gasteiger partial charge in [-0.25, -0.2) is 0 Å². The van der Waals surface area contributed by atoms with Crippen LogP contribution < -0.4 is 5.73 Å². The van der Waals surface area contributed by atoms with E-state index in [9.17, 15) is 0 Å². The topological polar surface area (TPSA) is 64.9 Å². The van der Waals surface area contributed by atoms with Gasteiger partial charge < -0.3 is 10.3 Å². The summed E-state index contributed by atoms with van der Waals surface area (Å²) in [5.41, 5.74) is 5.94. The van der Waals surface area contributed by atoms with Gasteiger partial charge in [-0.3, -0.25) is 0 Å². The first-order chi connectivity index (χ1) is 7.15. The molecule has 0 radical (unpaired) electrons. The molecule has 1 aromatic heterocycles. The zero-order chi connectivity index (χ0) is 10.8. The molecule has 0 bridgehead atoms. The Labute approximate surface area is 90.2 Å². The molecule has 2 N–H and O–H groups in total. The Morgan fingerprint density at radius 3 is 2.80 bits per heavy atom. The van der Waals surface area contributed by atoms with Crippen molar-refractivity contribution in [3.63, 3.8) is 0 Å². The van der Waals surface area contributed by atoms with Gasteiger partial charge in [-0.2, -0.15) is 4.98 Å². The lowest BCUT2D eigenvalue weighted by Crippen LogP contribution is -2.28. The van der Waals surface area contributed by atoms with Gasteiger partial charge in [0.25, 0.3) is 0 Å². The summed E-state index contributed by atoms with van der Waals surface area (Å²) in [6.07, 6.45) is 4.29. The molecule has 1 saturated carbocycles. The molecule has 0 spiro atoms. The van der Waals surface area contributed by atoms with Crippen LogP contribution in [-0.4, -0.2) is 16.2 Å². The molecule has 0 saturated heterocycles. The molecule has 1 aromatic rings. The summed E-state index contributed by atoms with van der Waals surface area (Å²) in [6, 6.07) is 0.110. The van der Waals surface area contributed by atoms with E-state index in [4.69, 9.17) is 10.3 Å². The molecule has 0 aromatic carbocycles. The summed E-state index contributed by atoms with van der Waals surface area (Å²) in [6.45, 7) is 4.21. The highest BCUT2D eigenvalue weighted by Crippen LogP contribution is 2.31. The molecule has 2 rings (SSSR count). The van der Waals surface area contributed by atoms with Crippen LogP contribution in [0.5, 0.6) is 0 Å². The molecule has 15 heavy (non-hydrogen) atoms. The van der Waals surface area contributed by atoms with E-state index in [1.807, 2.05) is 0 Å². The normalized spacial score (nSPS) is 18.4. The summed E-state index contributed by atoms with van der Waals surface area (Å²) in [7, 11) is 0. The van der Waals surface area contributed by atoms with Gasteiger partial charge in [0.05, 0.1) is 0 Å². The van der Waals surface area contributed by atoms with Crippen molar-refractivity contribution in [1.82, 2.24) is 10.1 Å². The summed E-state index contributed by atoms with van der Waals surface area (Å²) in [5, 5.41) is 3.97. The molecular weight excluding hydrogens is 190 g/mol. The van der Waals surface area contributed by atoms with Crippen molar-refractivity contribution in [2.24, 2.45) is 17.6 Å². The van der Waals surface area contributed by atoms with E-state index in [0.29, 0.717) is 18.2 Å². The van der Waals surface area contributed by atoms with Gasteiger partial charge in [-0.05, 0) is 24.7 Å². The number of nitrogens with two attached hydrogens (primary N) is 1. The fourth-order valence-corrected chi connectivity index (χ4v) is 1.47. The van der Waals surface area contributed by atoms with Gasteiger partial charge in [0.1, 0.15) is 0 Å². The van der Waals surface area contributed by atoms with Crippen molar-refractivity contribution in [3.05, 3.63) is 11.7 Å². The molecule has 4 nitrogen and oxygen atoms in total. The number of aromatic nitrogens is 2. The molecule has 1 heterocycles. The van der Waals surface area contributed by atoms with E-state index in [2.05, 4.69) is 24.0 Å². The second kappa shape index (κ2) is 4.31. The SMILES string of the molecule is CC(C)C(N)Cc1nc(CC2CC2)no1. The highest BCUT2D eigenvalue weighted by molar-refractivity contribution is 4.93. The summed E-state index contributed by atoms with van der Waals surface area (Å²) in [5.74, 6) is 2.79.